The van der Waals surface area contributed by atoms with Crippen LogP contribution in [0, 0.1) is 11.3 Å². The van der Waals surface area contributed by atoms with E-state index >= 15 is 0 Å². The van der Waals surface area contributed by atoms with Crippen molar-refractivity contribution >= 4 is 11.6 Å². The zero-order valence-electron chi connectivity index (χ0n) is 14.3. The van der Waals surface area contributed by atoms with Crippen molar-refractivity contribution in [1.82, 2.24) is 9.80 Å². The fraction of sp³-hybridized carbons (Fsp3) is 0.579. The van der Waals surface area contributed by atoms with Gasteiger partial charge in [0.05, 0.1) is 17.8 Å². The van der Waals surface area contributed by atoms with Gasteiger partial charge in [-0.05, 0) is 25.0 Å². The molecule has 2 heterocycles. The average molecular weight is 326 g/mol. The molecule has 5 nitrogen and oxygen atoms in total. The van der Waals surface area contributed by atoms with Gasteiger partial charge < -0.3 is 9.80 Å². The molecule has 0 N–H and O–H groups in total. The predicted molar refractivity (Wildman–Crippen MR) is 94.9 cm³/mol. The lowest BCUT2D eigenvalue weighted by molar-refractivity contribution is -0.132. The van der Waals surface area contributed by atoms with Crippen molar-refractivity contribution in [3.8, 4) is 6.07 Å². The quantitative estimate of drug-likeness (QED) is 0.853. The van der Waals surface area contributed by atoms with Crippen molar-refractivity contribution in [2.24, 2.45) is 0 Å². The molecule has 2 aliphatic heterocycles. The number of piperazine rings is 1. The summed E-state index contributed by atoms with van der Waals surface area (Å²) in [6.07, 6.45) is 4.79. The van der Waals surface area contributed by atoms with Gasteiger partial charge in [0.2, 0.25) is 5.91 Å². The Kier molecular flexibility index (Phi) is 5.71. The Morgan fingerprint density at radius 2 is 1.62 bits per heavy atom. The van der Waals surface area contributed by atoms with Crippen molar-refractivity contribution in [2.45, 2.75) is 25.7 Å². The molecule has 0 aromatic heterocycles. The monoisotopic (exact) mass is 326 g/mol. The zero-order chi connectivity index (χ0) is 16.8. The molecule has 2 aliphatic rings. The van der Waals surface area contributed by atoms with Gasteiger partial charge in [0.25, 0.3) is 0 Å². The Labute approximate surface area is 144 Å². The standard InChI is InChI=1S/C19H26N4O/c20-15-17-7-3-4-8-18(17)22-13-11-21(12-14-22)16-19(24)23-9-5-1-2-6-10-23/h3-4,7-8H,1-2,5-6,9-14,16H2. The second-order valence-electron chi connectivity index (χ2n) is 6.69. The summed E-state index contributed by atoms with van der Waals surface area (Å²) in [5.41, 5.74) is 1.74. The summed E-state index contributed by atoms with van der Waals surface area (Å²) in [5, 5.41) is 9.25. The number of carbonyl (C=O) groups excluding carboxylic acids is 1. The van der Waals surface area contributed by atoms with E-state index in [1.807, 2.05) is 29.2 Å². The normalized spacial score (nSPS) is 19.6. The van der Waals surface area contributed by atoms with Crippen LogP contribution in [0.2, 0.25) is 0 Å². The summed E-state index contributed by atoms with van der Waals surface area (Å²) in [7, 11) is 0. The van der Waals surface area contributed by atoms with Crippen LogP contribution in [0.5, 0.6) is 0 Å². The fourth-order valence-corrected chi connectivity index (χ4v) is 3.60. The Bertz CT molecular complexity index is 594. The maximum atomic E-state index is 12.5. The number of rotatable bonds is 3. The van der Waals surface area contributed by atoms with Gasteiger partial charge in [-0.25, -0.2) is 0 Å². The molecule has 0 radical (unpaired) electrons. The van der Waals surface area contributed by atoms with Gasteiger partial charge in [0, 0.05) is 39.3 Å². The molecule has 0 saturated carbocycles. The smallest absolute Gasteiger partial charge is 0.236 e. The topological polar surface area (TPSA) is 50.6 Å². The van der Waals surface area contributed by atoms with Gasteiger partial charge >= 0.3 is 0 Å². The summed E-state index contributed by atoms with van der Waals surface area (Å²) in [6.45, 7) is 5.87. The van der Waals surface area contributed by atoms with E-state index in [-0.39, 0.29) is 5.91 Å². The lowest BCUT2D eigenvalue weighted by Gasteiger charge is -2.36. The molecule has 1 aromatic rings. The molecule has 5 heteroatoms. The summed E-state index contributed by atoms with van der Waals surface area (Å²) < 4.78 is 0. The van der Waals surface area contributed by atoms with Crippen LogP contribution in [-0.2, 0) is 4.79 Å². The first-order valence-electron chi connectivity index (χ1n) is 9.02. The SMILES string of the molecule is N#Cc1ccccc1N1CCN(CC(=O)N2CCCCCC2)CC1. The molecule has 0 unspecified atom stereocenters. The first-order valence-corrected chi connectivity index (χ1v) is 9.02. The third-order valence-electron chi connectivity index (χ3n) is 5.06. The fourth-order valence-electron chi connectivity index (χ4n) is 3.60. The highest BCUT2D eigenvalue weighted by Crippen LogP contribution is 2.21. The largest absolute Gasteiger partial charge is 0.368 e. The molecule has 1 aromatic carbocycles. The first kappa shape index (κ1) is 16.8. The highest BCUT2D eigenvalue weighted by molar-refractivity contribution is 5.78. The Balaban J connectivity index is 1.52. The number of hydrogen-bond acceptors (Lipinski definition) is 4. The highest BCUT2D eigenvalue weighted by Gasteiger charge is 2.23. The molecular weight excluding hydrogens is 300 g/mol. The maximum absolute atomic E-state index is 12.5. The molecule has 2 saturated heterocycles. The number of carbonyl (C=O) groups is 1. The van der Waals surface area contributed by atoms with Crippen LogP contribution in [0.3, 0.4) is 0 Å². The van der Waals surface area contributed by atoms with E-state index in [1.54, 1.807) is 0 Å². The number of amides is 1. The van der Waals surface area contributed by atoms with Gasteiger partial charge in [0.1, 0.15) is 6.07 Å². The molecule has 0 aliphatic carbocycles. The predicted octanol–water partition coefficient (Wildman–Crippen LogP) is 2.08. The van der Waals surface area contributed by atoms with Crippen molar-refractivity contribution in [3.63, 3.8) is 0 Å². The molecule has 128 valence electrons. The number of nitriles is 1. The lowest BCUT2D eigenvalue weighted by atomic mass is 10.1. The molecule has 24 heavy (non-hydrogen) atoms. The van der Waals surface area contributed by atoms with E-state index in [4.69, 9.17) is 0 Å². The molecule has 2 fully saturated rings. The van der Waals surface area contributed by atoms with Gasteiger partial charge in [0.15, 0.2) is 0 Å². The molecule has 3 rings (SSSR count). The van der Waals surface area contributed by atoms with Crippen LogP contribution in [0.4, 0.5) is 5.69 Å². The van der Waals surface area contributed by atoms with E-state index in [0.717, 1.165) is 63.4 Å². The van der Waals surface area contributed by atoms with Crippen LogP contribution >= 0.6 is 0 Å². The number of benzene rings is 1. The zero-order valence-corrected chi connectivity index (χ0v) is 14.3. The summed E-state index contributed by atoms with van der Waals surface area (Å²) >= 11 is 0. The molecule has 1 amide bonds. The minimum Gasteiger partial charge on any atom is -0.368 e. The number of hydrogen-bond donors (Lipinski definition) is 0. The summed E-state index contributed by atoms with van der Waals surface area (Å²) in [6, 6.07) is 10.0. The van der Waals surface area contributed by atoms with Crippen molar-refractivity contribution in [3.05, 3.63) is 29.8 Å². The van der Waals surface area contributed by atoms with Crippen LogP contribution < -0.4 is 4.90 Å². The molecular formula is C19H26N4O. The van der Waals surface area contributed by atoms with Crippen molar-refractivity contribution in [2.75, 3.05) is 50.7 Å². The lowest BCUT2D eigenvalue weighted by Crippen LogP contribution is -2.50. The minimum absolute atomic E-state index is 0.280. The number of para-hydroxylation sites is 1. The molecule has 0 atom stereocenters. The second kappa shape index (κ2) is 8.16. The van der Waals surface area contributed by atoms with E-state index in [9.17, 15) is 10.1 Å². The van der Waals surface area contributed by atoms with Gasteiger partial charge in [-0.3, -0.25) is 9.69 Å². The number of anilines is 1. The van der Waals surface area contributed by atoms with Gasteiger partial charge in [-0.1, -0.05) is 25.0 Å². The van der Waals surface area contributed by atoms with E-state index < -0.39 is 0 Å². The van der Waals surface area contributed by atoms with Crippen LogP contribution in [0.1, 0.15) is 31.2 Å². The van der Waals surface area contributed by atoms with Gasteiger partial charge in [-0.15, -0.1) is 0 Å². The number of likely N-dealkylation sites (tertiary alicyclic amines) is 1. The van der Waals surface area contributed by atoms with Crippen molar-refractivity contribution in [1.29, 1.82) is 5.26 Å². The maximum Gasteiger partial charge on any atom is 0.236 e. The Hall–Kier alpha value is -2.06. The van der Waals surface area contributed by atoms with Gasteiger partial charge in [-0.2, -0.15) is 5.26 Å². The summed E-state index contributed by atoms with van der Waals surface area (Å²) in [5.74, 6) is 0.280. The van der Waals surface area contributed by atoms with Crippen LogP contribution in [0.25, 0.3) is 0 Å². The van der Waals surface area contributed by atoms with E-state index in [1.165, 1.54) is 12.8 Å². The summed E-state index contributed by atoms with van der Waals surface area (Å²) in [4.78, 5) is 19.0. The Morgan fingerprint density at radius 1 is 0.958 bits per heavy atom. The average Bonchev–Trinajstić information content (AvgIpc) is 2.92. The molecule has 0 spiro atoms. The number of nitrogens with zero attached hydrogens (tertiary/aromatic N) is 4. The van der Waals surface area contributed by atoms with Crippen molar-refractivity contribution < 1.29 is 4.79 Å². The van der Waals surface area contributed by atoms with E-state index in [2.05, 4.69) is 15.9 Å². The highest BCUT2D eigenvalue weighted by atomic mass is 16.2. The Morgan fingerprint density at radius 3 is 2.29 bits per heavy atom. The third kappa shape index (κ3) is 4.07. The van der Waals surface area contributed by atoms with Crippen LogP contribution in [-0.4, -0.2) is 61.5 Å². The minimum atomic E-state index is 0.280. The van der Waals surface area contributed by atoms with E-state index in [0.29, 0.717) is 6.54 Å². The second-order valence-corrected chi connectivity index (χ2v) is 6.69. The third-order valence-corrected chi connectivity index (χ3v) is 5.06. The van der Waals surface area contributed by atoms with Crippen LogP contribution in [0.15, 0.2) is 24.3 Å². The molecule has 0 bridgehead atoms. The first-order chi connectivity index (χ1) is 11.8.